The second-order valence-electron chi connectivity index (χ2n) is 6.41. The van der Waals surface area contributed by atoms with Gasteiger partial charge in [-0.2, -0.15) is 0 Å². The molecular formula is C17H26FN3O2. The highest BCUT2D eigenvalue weighted by Gasteiger charge is 2.24. The molecule has 0 saturated carbocycles. The van der Waals surface area contributed by atoms with Crippen LogP contribution in [0.1, 0.15) is 33.1 Å². The van der Waals surface area contributed by atoms with E-state index in [1.54, 1.807) is 19.1 Å². The van der Waals surface area contributed by atoms with Crippen molar-refractivity contribution >= 4 is 11.7 Å². The number of anilines is 1. The van der Waals surface area contributed by atoms with Crippen LogP contribution in [-0.2, 0) is 0 Å². The molecule has 1 aromatic rings. The number of nitrogens with zero attached hydrogens (tertiary/aromatic N) is 1. The van der Waals surface area contributed by atoms with Crippen LogP contribution in [0.15, 0.2) is 24.3 Å². The van der Waals surface area contributed by atoms with Crippen molar-refractivity contribution in [3.63, 3.8) is 0 Å². The Balaban J connectivity index is 1.87. The fraction of sp³-hybridized carbons (Fsp3) is 0.588. The van der Waals surface area contributed by atoms with Gasteiger partial charge in [0.15, 0.2) is 0 Å². The van der Waals surface area contributed by atoms with Crippen LogP contribution in [0.4, 0.5) is 14.9 Å². The van der Waals surface area contributed by atoms with E-state index in [0.29, 0.717) is 18.7 Å². The molecule has 2 amide bonds. The van der Waals surface area contributed by atoms with Gasteiger partial charge < -0.3 is 20.6 Å². The molecule has 0 bridgehead atoms. The minimum atomic E-state index is -0.900. The van der Waals surface area contributed by atoms with E-state index >= 15 is 0 Å². The SMILES string of the molecule is CCC(C)(O)CNC(=O)NC1CCCN(c2ccccc2F)C1. The molecule has 1 fully saturated rings. The monoisotopic (exact) mass is 323 g/mol. The van der Waals surface area contributed by atoms with Crippen molar-refractivity contribution < 1.29 is 14.3 Å². The zero-order valence-electron chi connectivity index (χ0n) is 13.8. The summed E-state index contributed by atoms with van der Waals surface area (Å²) in [5.41, 5.74) is -0.323. The molecular weight excluding hydrogens is 297 g/mol. The number of amides is 2. The van der Waals surface area contributed by atoms with Gasteiger partial charge in [-0.3, -0.25) is 0 Å². The fourth-order valence-electron chi connectivity index (χ4n) is 2.65. The molecule has 5 nitrogen and oxygen atoms in total. The summed E-state index contributed by atoms with van der Waals surface area (Å²) in [6, 6.07) is 6.37. The largest absolute Gasteiger partial charge is 0.388 e. The molecule has 23 heavy (non-hydrogen) atoms. The Morgan fingerprint density at radius 2 is 2.22 bits per heavy atom. The minimum absolute atomic E-state index is 0.0325. The molecule has 0 aliphatic carbocycles. The van der Waals surface area contributed by atoms with Gasteiger partial charge in [-0.15, -0.1) is 0 Å². The first-order valence-corrected chi connectivity index (χ1v) is 8.17. The number of hydrogen-bond acceptors (Lipinski definition) is 3. The van der Waals surface area contributed by atoms with Crippen molar-refractivity contribution in [2.24, 2.45) is 0 Å². The lowest BCUT2D eigenvalue weighted by Gasteiger charge is -2.35. The van der Waals surface area contributed by atoms with E-state index in [-0.39, 0.29) is 24.4 Å². The lowest BCUT2D eigenvalue weighted by atomic mass is 10.0. The Bertz CT molecular complexity index is 536. The van der Waals surface area contributed by atoms with E-state index in [1.165, 1.54) is 6.07 Å². The summed E-state index contributed by atoms with van der Waals surface area (Å²) in [5, 5.41) is 15.5. The number of para-hydroxylation sites is 1. The van der Waals surface area contributed by atoms with Crippen molar-refractivity contribution in [3.8, 4) is 0 Å². The van der Waals surface area contributed by atoms with Crippen LogP contribution in [0.2, 0.25) is 0 Å². The highest BCUT2D eigenvalue weighted by atomic mass is 19.1. The van der Waals surface area contributed by atoms with Crippen LogP contribution in [0.25, 0.3) is 0 Å². The zero-order valence-corrected chi connectivity index (χ0v) is 13.8. The number of halogens is 1. The number of benzene rings is 1. The quantitative estimate of drug-likeness (QED) is 0.779. The maximum atomic E-state index is 13.9. The van der Waals surface area contributed by atoms with E-state index in [1.807, 2.05) is 17.9 Å². The second kappa shape index (κ2) is 7.64. The fourth-order valence-corrected chi connectivity index (χ4v) is 2.65. The third-order valence-corrected chi connectivity index (χ3v) is 4.34. The van der Waals surface area contributed by atoms with E-state index in [2.05, 4.69) is 10.6 Å². The highest BCUT2D eigenvalue weighted by Crippen LogP contribution is 2.22. The summed E-state index contributed by atoms with van der Waals surface area (Å²) in [7, 11) is 0. The Morgan fingerprint density at radius 3 is 2.91 bits per heavy atom. The summed E-state index contributed by atoms with van der Waals surface area (Å²) in [5.74, 6) is -0.239. The van der Waals surface area contributed by atoms with Crippen molar-refractivity contribution in [1.29, 1.82) is 0 Å². The maximum absolute atomic E-state index is 13.9. The third kappa shape index (κ3) is 5.10. The number of hydrogen-bond donors (Lipinski definition) is 3. The number of aliphatic hydroxyl groups is 1. The summed E-state index contributed by atoms with van der Waals surface area (Å²) < 4.78 is 13.9. The summed E-state index contributed by atoms with van der Waals surface area (Å²) in [4.78, 5) is 13.9. The van der Waals surface area contributed by atoms with Crippen molar-refractivity contribution in [2.75, 3.05) is 24.5 Å². The lowest BCUT2D eigenvalue weighted by Crippen LogP contribution is -2.52. The number of piperidine rings is 1. The molecule has 3 N–H and O–H groups in total. The van der Waals surface area contributed by atoms with E-state index in [0.717, 1.165) is 19.4 Å². The van der Waals surface area contributed by atoms with E-state index in [9.17, 15) is 14.3 Å². The first-order chi connectivity index (χ1) is 10.9. The van der Waals surface area contributed by atoms with Gasteiger partial charge in [-0.25, -0.2) is 9.18 Å². The van der Waals surface area contributed by atoms with Gasteiger partial charge in [0.1, 0.15) is 5.82 Å². The van der Waals surface area contributed by atoms with Crippen LogP contribution >= 0.6 is 0 Å². The van der Waals surface area contributed by atoms with E-state index in [4.69, 9.17) is 0 Å². The van der Waals surface area contributed by atoms with Crippen molar-refractivity contribution in [2.45, 2.75) is 44.8 Å². The van der Waals surface area contributed by atoms with Crippen LogP contribution in [0.3, 0.4) is 0 Å². The summed E-state index contributed by atoms with van der Waals surface area (Å²) >= 11 is 0. The minimum Gasteiger partial charge on any atom is -0.388 e. The molecule has 2 unspecified atom stereocenters. The molecule has 1 aliphatic heterocycles. The zero-order chi connectivity index (χ0) is 16.9. The van der Waals surface area contributed by atoms with Crippen molar-refractivity contribution in [3.05, 3.63) is 30.1 Å². The molecule has 2 atom stereocenters. The number of nitrogens with one attached hydrogen (secondary N) is 2. The average Bonchev–Trinajstić information content (AvgIpc) is 2.54. The maximum Gasteiger partial charge on any atom is 0.315 e. The number of urea groups is 1. The van der Waals surface area contributed by atoms with Crippen LogP contribution < -0.4 is 15.5 Å². The van der Waals surface area contributed by atoms with Crippen LogP contribution in [0, 0.1) is 5.82 Å². The van der Waals surface area contributed by atoms with Gasteiger partial charge >= 0.3 is 6.03 Å². The molecule has 0 spiro atoms. The van der Waals surface area contributed by atoms with Gasteiger partial charge in [0, 0.05) is 25.7 Å². The predicted molar refractivity (Wildman–Crippen MR) is 89.1 cm³/mol. The number of carbonyl (C=O) groups is 1. The van der Waals surface area contributed by atoms with Gasteiger partial charge in [-0.1, -0.05) is 19.1 Å². The smallest absolute Gasteiger partial charge is 0.315 e. The average molecular weight is 323 g/mol. The van der Waals surface area contributed by atoms with Gasteiger partial charge in [-0.05, 0) is 38.3 Å². The molecule has 2 rings (SSSR count). The molecule has 128 valence electrons. The second-order valence-corrected chi connectivity index (χ2v) is 6.41. The van der Waals surface area contributed by atoms with Crippen LogP contribution in [0.5, 0.6) is 0 Å². The molecule has 0 aromatic heterocycles. The van der Waals surface area contributed by atoms with Crippen molar-refractivity contribution in [1.82, 2.24) is 10.6 Å². The summed E-state index contributed by atoms with van der Waals surface area (Å²) in [6.45, 7) is 5.13. The highest BCUT2D eigenvalue weighted by molar-refractivity contribution is 5.74. The van der Waals surface area contributed by atoms with E-state index < -0.39 is 5.60 Å². The lowest BCUT2D eigenvalue weighted by molar-refractivity contribution is 0.0580. The Morgan fingerprint density at radius 1 is 1.48 bits per heavy atom. The number of carbonyl (C=O) groups excluding carboxylic acids is 1. The molecule has 6 heteroatoms. The normalized spacial score (nSPS) is 20.7. The standard InChI is InChI=1S/C17H26FN3O2/c1-3-17(2,23)12-19-16(22)20-13-7-6-10-21(11-13)15-9-5-4-8-14(15)18/h4-5,8-9,13,23H,3,6-7,10-12H2,1-2H3,(H2,19,20,22). The predicted octanol–water partition coefficient (Wildman–Crippen LogP) is 2.25. The first kappa shape index (κ1) is 17.5. The first-order valence-electron chi connectivity index (χ1n) is 8.17. The van der Waals surface area contributed by atoms with Crippen LogP contribution in [-0.4, -0.2) is 42.4 Å². The van der Waals surface area contributed by atoms with Gasteiger partial charge in [0.05, 0.1) is 11.3 Å². The Kier molecular flexibility index (Phi) is 5.82. The number of rotatable bonds is 5. The molecule has 1 aromatic carbocycles. The molecule has 1 heterocycles. The molecule has 1 aliphatic rings. The molecule has 0 radical (unpaired) electrons. The summed E-state index contributed by atoms with van der Waals surface area (Å²) in [6.07, 6.45) is 2.33. The van der Waals surface area contributed by atoms with Gasteiger partial charge in [0.25, 0.3) is 0 Å². The molecule has 1 saturated heterocycles. The third-order valence-electron chi connectivity index (χ3n) is 4.34. The van der Waals surface area contributed by atoms with Gasteiger partial charge in [0.2, 0.25) is 0 Å². The Hall–Kier alpha value is -1.82. The topological polar surface area (TPSA) is 64.6 Å². The Labute approximate surface area is 136 Å².